The first-order valence-corrected chi connectivity index (χ1v) is 6.96. The Bertz CT molecular complexity index is 529. The molecule has 0 aliphatic heterocycles. The van der Waals surface area contributed by atoms with Crippen molar-refractivity contribution in [2.75, 3.05) is 5.32 Å². The first kappa shape index (κ1) is 16.5. The molecule has 6 heteroatoms. The SMILES string of the molecule is CC/C=C(/Nc1c(C(=O)O)ccc(Br)c1C)OC(C)F. The quantitative estimate of drug-likeness (QED) is 0.747. The molecule has 0 saturated carbocycles. The Labute approximate surface area is 125 Å². The second-order valence-corrected chi connectivity index (χ2v) is 5.02. The number of hydrogen-bond acceptors (Lipinski definition) is 3. The molecular formula is C14H17BrFNO3. The maximum Gasteiger partial charge on any atom is 0.337 e. The monoisotopic (exact) mass is 345 g/mol. The van der Waals surface area contributed by atoms with E-state index >= 15 is 0 Å². The molecule has 0 aliphatic carbocycles. The van der Waals surface area contributed by atoms with Gasteiger partial charge < -0.3 is 15.2 Å². The average Bonchev–Trinajstić information content (AvgIpc) is 2.34. The fourth-order valence-corrected chi connectivity index (χ4v) is 1.97. The van der Waals surface area contributed by atoms with Gasteiger partial charge in [-0.1, -0.05) is 22.9 Å². The maximum atomic E-state index is 13.0. The van der Waals surface area contributed by atoms with E-state index in [9.17, 15) is 14.3 Å². The maximum absolute atomic E-state index is 13.0. The molecule has 0 aromatic heterocycles. The zero-order valence-corrected chi connectivity index (χ0v) is 13.1. The Balaban J connectivity index is 3.20. The molecule has 0 aliphatic rings. The molecule has 0 radical (unpaired) electrons. The third-order valence-electron chi connectivity index (χ3n) is 2.56. The van der Waals surface area contributed by atoms with Crippen LogP contribution in [0.5, 0.6) is 0 Å². The molecule has 1 aromatic carbocycles. The summed E-state index contributed by atoms with van der Waals surface area (Å²) in [7, 11) is 0. The minimum atomic E-state index is -1.49. The number of benzene rings is 1. The van der Waals surface area contributed by atoms with Crippen molar-refractivity contribution < 1.29 is 19.0 Å². The standard InChI is InChI=1S/C14H17BrFNO3/c1-4-5-12(20-9(3)16)17-13-8(2)11(15)7-6-10(13)14(18)19/h5-7,9,17H,4H2,1-3H3,(H,18,19)/b12-5-. The van der Waals surface area contributed by atoms with Crippen LogP contribution in [0.2, 0.25) is 0 Å². The smallest absolute Gasteiger partial charge is 0.337 e. The van der Waals surface area contributed by atoms with Crippen LogP contribution in [0.3, 0.4) is 0 Å². The highest BCUT2D eigenvalue weighted by molar-refractivity contribution is 9.10. The number of carbonyl (C=O) groups is 1. The third kappa shape index (κ3) is 4.23. The number of aromatic carboxylic acids is 1. The van der Waals surface area contributed by atoms with Gasteiger partial charge in [0, 0.05) is 11.4 Å². The van der Waals surface area contributed by atoms with Crippen LogP contribution in [0.4, 0.5) is 10.1 Å². The van der Waals surface area contributed by atoms with Gasteiger partial charge in [0.15, 0.2) is 5.88 Å². The van der Waals surface area contributed by atoms with Crippen molar-refractivity contribution in [2.24, 2.45) is 0 Å². The van der Waals surface area contributed by atoms with Crippen LogP contribution >= 0.6 is 15.9 Å². The zero-order valence-electron chi connectivity index (χ0n) is 11.5. The number of anilines is 1. The Morgan fingerprint density at radius 3 is 2.75 bits per heavy atom. The Morgan fingerprint density at radius 2 is 2.25 bits per heavy atom. The van der Waals surface area contributed by atoms with E-state index in [4.69, 9.17) is 4.74 Å². The molecule has 1 atom stereocenters. The van der Waals surface area contributed by atoms with Crippen molar-refractivity contribution in [1.82, 2.24) is 0 Å². The topological polar surface area (TPSA) is 58.6 Å². The first-order chi connectivity index (χ1) is 9.36. The molecule has 2 N–H and O–H groups in total. The van der Waals surface area contributed by atoms with Crippen molar-refractivity contribution >= 4 is 27.6 Å². The molecule has 0 heterocycles. The lowest BCUT2D eigenvalue weighted by atomic mass is 10.1. The highest BCUT2D eigenvalue weighted by Crippen LogP contribution is 2.29. The van der Waals surface area contributed by atoms with E-state index in [1.807, 2.05) is 6.92 Å². The van der Waals surface area contributed by atoms with E-state index in [2.05, 4.69) is 21.2 Å². The molecule has 0 bridgehead atoms. The van der Waals surface area contributed by atoms with Crippen molar-refractivity contribution in [3.05, 3.63) is 39.7 Å². The number of nitrogens with one attached hydrogen (secondary N) is 1. The van der Waals surface area contributed by atoms with Crippen molar-refractivity contribution in [3.8, 4) is 0 Å². The summed E-state index contributed by atoms with van der Waals surface area (Å²) in [6, 6.07) is 3.13. The number of allylic oxidation sites excluding steroid dienone is 1. The van der Waals surface area contributed by atoms with Gasteiger partial charge in [0.2, 0.25) is 6.36 Å². The van der Waals surface area contributed by atoms with Crippen LogP contribution in [0.1, 0.15) is 36.2 Å². The van der Waals surface area contributed by atoms with Crippen molar-refractivity contribution in [2.45, 2.75) is 33.5 Å². The van der Waals surface area contributed by atoms with E-state index < -0.39 is 12.3 Å². The Hall–Kier alpha value is -1.56. The lowest BCUT2D eigenvalue weighted by molar-refractivity contribution is 0.0243. The predicted molar refractivity (Wildman–Crippen MR) is 79.5 cm³/mol. The summed E-state index contributed by atoms with van der Waals surface area (Å²) >= 11 is 3.34. The molecule has 20 heavy (non-hydrogen) atoms. The fourth-order valence-electron chi connectivity index (χ4n) is 1.64. The normalized spacial score (nSPS) is 12.9. The molecule has 1 rings (SSSR count). The number of carboxylic acids is 1. The molecule has 0 spiro atoms. The van der Waals surface area contributed by atoms with Crippen molar-refractivity contribution in [1.29, 1.82) is 0 Å². The second kappa shape index (κ2) is 7.28. The lowest BCUT2D eigenvalue weighted by Gasteiger charge is -2.17. The van der Waals surface area contributed by atoms with E-state index in [0.29, 0.717) is 17.7 Å². The average molecular weight is 346 g/mol. The van der Waals surface area contributed by atoms with Gasteiger partial charge in [-0.05, 0) is 37.1 Å². The molecule has 1 aromatic rings. The fraction of sp³-hybridized carbons (Fsp3) is 0.357. The summed E-state index contributed by atoms with van der Waals surface area (Å²) in [6.07, 6.45) is 0.799. The van der Waals surface area contributed by atoms with Crippen LogP contribution in [0, 0.1) is 6.92 Å². The van der Waals surface area contributed by atoms with Gasteiger partial charge >= 0.3 is 5.97 Å². The lowest BCUT2D eigenvalue weighted by Crippen LogP contribution is -2.13. The largest absolute Gasteiger partial charge is 0.478 e. The van der Waals surface area contributed by atoms with Gasteiger partial charge in [-0.15, -0.1) is 0 Å². The van der Waals surface area contributed by atoms with Gasteiger partial charge in [-0.25, -0.2) is 9.18 Å². The van der Waals surface area contributed by atoms with Gasteiger partial charge in [-0.2, -0.15) is 0 Å². The Kier molecular flexibility index (Phi) is 6.01. The first-order valence-electron chi connectivity index (χ1n) is 6.17. The molecule has 110 valence electrons. The predicted octanol–water partition coefficient (Wildman–Crippen LogP) is 4.45. The molecule has 4 nitrogen and oxygen atoms in total. The number of alkyl halides is 1. The minimum Gasteiger partial charge on any atom is -0.478 e. The summed E-state index contributed by atoms with van der Waals surface area (Å²) in [4.78, 5) is 11.3. The van der Waals surface area contributed by atoms with E-state index in [1.54, 1.807) is 19.1 Å². The molecule has 1 unspecified atom stereocenters. The van der Waals surface area contributed by atoms with E-state index in [1.165, 1.54) is 13.0 Å². The van der Waals surface area contributed by atoms with Crippen LogP contribution in [-0.2, 0) is 4.74 Å². The second-order valence-electron chi connectivity index (χ2n) is 4.16. The summed E-state index contributed by atoms with van der Waals surface area (Å²) in [5.74, 6) is -0.863. The van der Waals surface area contributed by atoms with Gasteiger partial charge in [0.25, 0.3) is 0 Å². The highest BCUT2D eigenvalue weighted by atomic mass is 79.9. The van der Waals surface area contributed by atoms with E-state index in [0.717, 1.165) is 4.47 Å². The number of carboxylic acid groups (broad SMARTS) is 1. The summed E-state index contributed by atoms with van der Waals surface area (Å²) in [5.41, 5.74) is 1.19. The Morgan fingerprint density at radius 1 is 1.60 bits per heavy atom. The van der Waals surface area contributed by atoms with Crippen LogP contribution in [0.15, 0.2) is 28.6 Å². The van der Waals surface area contributed by atoms with E-state index in [-0.39, 0.29) is 11.4 Å². The zero-order chi connectivity index (χ0) is 15.3. The molecule has 0 fully saturated rings. The van der Waals surface area contributed by atoms with Gasteiger partial charge in [-0.3, -0.25) is 0 Å². The number of rotatable bonds is 6. The van der Waals surface area contributed by atoms with Gasteiger partial charge in [0.1, 0.15) is 0 Å². The van der Waals surface area contributed by atoms with Crippen LogP contribution in [-0.4, -0.2) is 17.4 Å². The number of hydrogen-bond donors (Lipinski definition) is 2. The molecule has 0 amide bonds. The summed E-state index contributed by atoms with van der Waals surface area (Å²) in [6.45, 7) is 4.90. The van der Waals surface area contributed by atoms with Crippen LogP contribution in [0.25, 0.3) is 0 Å². The summed E-state index contributed by atoms with van der Waals surface area (Å²) < 4.78 is 18.7. The molecular weight excluding hydrogens is 329 g/mol. The van der Waals surface area contributed by atoms with Gasteiger partial charge in [0.05, 0.1) is 11.3 Å². The van der Waals surface area contributed by atoms with Crippen LogP contribution < -0.4 is 5.32 Å². The third-order valence-corrected chi connectivity index (χ3v) is 3.42. The molecule has 0 saturated heterocycles. The minimum absolute atomic E-state index is 0.0998. The number of ether oxygens (including phenoxy) is 1. The summed E-state index contributed by atoms with van der Waals surface area (Å²) in [5, 5.41) is 12.1. The van der Waals surface area contributed by atoms with Crippen molar-refractivity contribution in [3.63, 3.8) is 0 Å². The highest BCUT2D eigenvalue weighted by Gasteiger charge is 2.16. The number of halogens is 2.